The average molecular weight is 376 g/mol. The SMILES string of the molecule is C[C@@H](Cl)C(=O)N(Cc1ccc(OS(C)(=O)=O)cc1)C[C@H]1CCCO1. The van der Waals surface area contributed by atoms with Crippen molar-refractivity contribution in [2.75, 3.05) is 19.4 Å². The number of rotatable bonds is 7. The van der Waals surface area contributed by atoms with Crippen LogP contribution in [-0.2, 0) is 26.2 Å². The Morgan fingerprint density at radius 3 is 2.58 bits per heavy atom. The van der Waals surface area contributed by atoms with Gasteiger partial charge in [-0.3, -0.25) is 4.79 Å². The number of amides is 1. The van der Waals surface area contributed by atoms with Gasteiger partial charge in [0.1, 0.15) is 11.1 Å². The van der Waals surface area contributed by atoms with Crippen molar-refractivity contribution in [3.63, 3.8) is 0 Å². The summed E-state index contributed by atoms with van der Waals surface area (Å²) in [5.74, 6) is 0.0904. The van der Waals surface area contributed by atoms with Gasteiger partial charge in [-0.25, -0.2) is 0 Å². The van der Waals surface area contributed by atoms with Crippen LogP contribution < -0.4 is 4.18 Å². The van der Waals surface area contributed by atoms with Crippen LogP contribution in [0.1, 0.15) is 25.3 Å². The maximum Gasteiger partial charge on any atom is 0.306 e. The van der Waals surface area contributed by atoms with Crippen LogP contribution in [0.5, 0.6) is 5.75 Å². The van der Waals surface area contributed by atoms with Crippen LogP contribution in [0.2, 0.25) is 0 Å². The fourth-order valence-corrected chi connectivity index (χ4v) is 3.16. The predicted octanol–water partition coefficient (Wildman–Crippen LogP) is 2.16. The summed E-state index contributed by atoms with van der Waals surface area (Å²) < 4.78 is 32.6. The highest BCUT2D eigenvalue weighted by atomic mass is 35.5. The van der Waals surface area contributed by atoms with Crippen LogP contribution in [0, 0.1) is 0 Å². The highest BCUT2D eigenvalue weighted by Gasteiger charge is 2.25. The van der Waals surface area contributed by atoms with E-state index in [1.165, 1.54) is 0 Å². The standard InChI is InChI=1S/C16H22ClNO5S/c1-12(17)16(19)18(11-15-4-3-9-22-15)10-13-5-7-14(8-6-13)23-24(2,20)21/h5-8,12,15H,3-4,9-11H2,1-2H3/t12-,15-/m1/s1. The zero-order valence-corrected chi connectivity index (χ0v) is 15.3. The number of ether oxygens (including phenoxy) is 1. The molecule has 0 saturated carbocycles. The lowest BCUT2D eigenvalue weighted by Gasteiger charge is -2.26. The second kappa shape index (κ2) is 8.18. The molecule has 0 aliphatic carbocycles. The first-order valence-electron chi connectivity index (χ1n) is 7.77. The maximum atomic E-state index is 12.3. The van der Waals surface area contributed by atoms with E-state index in [0.717, 1.165) is 31.3 Å². The normalized spacial score (nSPS) is 19.0. The molecule has 1 aromatic carbocycles. The van der Waals surface area contributed by atoms with Crippen LogP contribution in [0.3, 0.4) is 0 Å². The van der Waals surface area contributed by atoms with E-state index in [0.29, 0.717) is 13.1 Å². The number of nitrogens with zero attached hydrogens (tertiary/aromatic N) is 1. The number of hydrogen-bond acceptors (Lipinski definition) is 5. The Kier molecular flexibility index (Phi) is 6.48. The highest BCUT2D eigenvalue weighted by molar-refractivity contribution is 7.86. The number of alkyl halides is 1. The molecule has 0 aromatic heterocycles. The summed E-state index contributed by atoms with van der Waals surface area (Å²) in [6.07, 6.45) is 2.96. The fraction of sp³-hybridized carbons (Fsp3) is 0.562. The molecule has 8 heteroatoms. The smallest absolute Gasteiger partial charge is 0.306 e. The van der Waals surface area contributed by atoms with Crippen LogP contribution in [0.25, 0.3) is 0 Å². The molecule has 1 aromatic rings. The van der Waals surface area contributed by atoms with E-state index in [1.54, 1.807) is 36.1 Å². The molecule has 0 radical (unpaired) electrons. The van der Waals surface area contributed by atoms with E-state index in [1.807, 2.05) is 0 Å². The monoisotopic (exact) mass is 375 g/mol. The molecule has 1 fully saturated rings. The van der Waals surface area contributed by atoms with Crippen LogP contribution in [0.15, 0.2) is 24.3 Å². The molecule has 1 saturated heterocycles. The summed E-state index contributed by atoms with van der Waals surface area (Å²) in [5.41, 5.74) is 0.861. The van der Waals surface area contributed by atoms with Crippen LogP contribution >= 0.6 is 11.6 Å². The summed E-state index contributed by atoms with van der Waals surface area (Å²) in [6.45, 7) is 3.25. The van der Waals surface area contributed by atoms with Gasteiger partial charge < -0.3 is 13.8 Å². The fourth-order valence-electron chi connectivity index (χ4n) is 2.56. The largest absolute Gasteiger partial charge is 0.383 e. The zero-order chi connectivity index (χ0) is 17.7. The van der Waals surface area contributed by atoms with Crippen LogP contribution in [-0.4, -0.2) is 50.1 Å². The molecule has 0 N–H and O–H groups in total. The third kappa shape index (κ3) is 5.96. The molecule has 1 aliphatic heterocycles. The Morgan fingerprint density at radius 1 is 1.42 bits per heavy atom. The van der Waals surface area contributed by atoms with Crippen molar-refractivity contribution in [2.45, 2.75) is 37.8 Å². The Morgan fingerprint density at radius 2 is 2.08 bits per heavy atom. The van der Waals surface area contributed by atoms with E-state index >= 15 is 0 Å². The Balaban J connectivity index is 2.06. The minimum atomic E-state index is -3.55. The Labute approximate surface area is 147 Å². The molecule has 0 bridgehead atoms. The molecular formula is C16H22ClNO5S. The van der Waals surface area contributed by atoms with Gasteiger partial charge >= 0.3 is 10.1 Å². The van der Waals surface area contributed by atoms with Crippen molar-refractivity contribution in [1.29, 1.82) is 0 Å². The summed E-state index contributed by atoms with van der Waals surface area (Å²) >= 11 is 5.95. The lowest BCUT2D eigenvalue weighted by molar-refractivity contribution is -0.132. The molecule has 1 aliphatic rings. The molecule has 1 heterocycles. The van der Waals surface area contributed by atoms with Gasteiger partial charge in [0.05, 0.1) is 12.4 Å². The van der Waals surface area contributed by atoms with Gasteiger partial charge in [-0.15, -0.1) is 11.6 Å². The van der Waals surface area contributed by atoms with Crippen molar-refractivity contribution < 1.29 is 22.1 Å². The first-order chi connectivity index (χ1) is 11.2. The van der Waals surface area contributed by atoms with Crippen molar-refractivity contribution in [3.8, 4) is 5.75 Å². The van der Waals surface area contributed by atoms with E-state index in [-0.39, 0.29) is 17.8 Å². The zero-order valence-electron chi connectivity index (χ0n) is 13.8. The van der Waals surface area contributed by atoms with Crippen LogP contribution in [0.4, 0.5) is 0 Å². The third-order valence-corrected chi connectivity index (χ3v) is 4.33. The molecule has 0 spiro atoms. The number of carbonyl (C=O) groups excluding carboxylic acids is 1. The topological polar surface area (TPSA) is 72.9 Å². The van der Waals surface area contributed by atoms with Crippen molar-refractivity contribution in [1.82, 2.24) is 4.90 Å². The second-order valence-electron chi connectivity index (χ2n) is 5.90. The Bertz CT molecular complexity index is 654. The van der Waals surface area contributed by atoms with Crippen molar-refractivity contribution >= 4 is 27.6 Å². The minimum absolute atomic E-state index is 0.0391. The molecular weight excluding hydrogens is 354 g/mol. The van der Waals surface area contributed by atoms with Gasteiger partial charge in [0, 0.05) is 19.7 Å². The van der Waals surface area contributed by atoms with E-state index < -0.39 is 15.5 Å². The number of halogens is 1. The quantitative estimate of drug-likeness (QED) is 0.539. The lowest BCUT2D eigenvalue weighted by Crippen LogP contribution is -2.40. The highest BCUT2D eigenvalue weighted by Crippen LogP contribution is 2.19. The molecule has 134 valence electrons. The summed E-state index contributed by atoms with van der Waals surface area (Å²) in [6, 6.07) is 6.59. The van der Waals surface area contributed by atoms with E-state index in [4.69, 9.17) is 20.5 Å². The first-order valence-corrected chi connectivity index (χ1v) is 10.0. The van der Waals surface area contributed by atoms with Gasteiger partial charge in [-0.2, -0.15) is 8.42 Å². The summed E-state index contributed by atoms with van der Waals surface area (Å²) in [7, 11) is -3.55. The number of carbonyl (C=O) groups is 1. The molecule has 2 rings (SSSR count). The summed E-state index contributed by atoms with van der Waals surface area (Å²) in [4.78, 5) is 14.0. The molecule has 6 nitrogen and oxygen atoms in total. The Hall–Kier alpha value is -1.31. The van der Waals surface area contributed by atoms with Gasteiger partial charge in [0.25, 0.3) is 0 Å². The first kappa shape index (κ1) is 19.0. The van der Waals surface area contributed by atoms with Crippen molar-refractivity contribution in [2.24, 2.45) is 0 Å². The van der Waals surface area contributed by atoms with E-state index in [9.17, 15) is 13.2 Å². The molecule has 0 unspecified atom stereocenters. The number of benzene rings is 1. The average Bonchev–Trinajstić information content (AvgIpc) is 2.99. The maximum absolute atomic E-state index is 12.3. The van der Waals surface area contributed by atoms with Crippen molar-refractivity contribution in [3.05, 3.63) is 29.8 Å². The van der Waals surface area contributed by atoms with Gasteiger partial charge in [0.2, 0.25) is 5.91 Å². The summed E-state index contributed by atoms with van der Waals surface area (Å²) in [5, 5.41) is -0.612. The van der Waals surface area contributed by atoms with Gasteiger partial charge in [0.15, 0.2) is 0 Å². The van der Waals surface area contributed by atoms with Gasteiger partial charge in [-0.05, 0) is 37.5 Å². The second-order valence-corrected chi connectivity index (χ2v) is 8.13. The van der Waals surface area contributed by atoms with Gasteiger partial charge in [-0.1, -0.05) is 12.1 Å². The third-order valence-electron chi connectivity index (χ3n) is 3.64. The molecule has 1 amide bonds. The van der Waals surface area contributed by atoms with E-state index in [2.05, 4.69) is 0 Å². The molecule has 24 heavy (non-hydrogen) atoms. The minimum Gasteiger partial charge on any atom is -0.383 e. The predicted molar refractivity (Wildman–Crippen MR) is 91.6 cm³/mol. The number of hydrogen-bond donors (Lipinski definition) is 0. The molecule has 2 atom stereocenters. The lowest BCUT2D eigenvalue weighted by atomic mass is 10.1.